The maximum atomic E-state index is 9.63. The number of nitrogens with zero attached hydrogens (tertiary/aromatic N) is 7. The maximum Gasteiger partial charge on any atom is 0.0991 e. The quantitative estimate of drug-likeness (QED) is 0.175. The normalized spacial score (nSPS) is 12.9. The molecule has 10 aromatic carbocycles. The first-order chi connectivity index (χ1) is 38.4. The Labute approximate surface area is 482 Å². The van der Waals surface area contributed by atoms with E-state index in [1.807, 2.05) is 60.7 Å². The molecule has 0 N–H and O–H groups in total. The standard InChI is InChI=1S/C35H24N4.C18H12BrN.C18H14N2.2CH4/c1-35(2)29-19-23(21-36)11-17-33(29)39(34-18-12-24(22-37)20-30(34)35)26-15-13-25(14-16-26)38-31-9-5-3-7-27(31)28-8-4-6-10-32(28)38;19-13-9-11-14(12-10-13)20-17-7-3-1-5-15(17)16-6-2-4-8-18(16)20;1-18(2)16-7-12(10-19)3-5-14(16)9-15-6-4-13(11-20)8-17(15)18;;/h3-20H,1-2H3;1-12H;3-8H,9H2,1-2H3;2*1H4. The van der Waals surface area contributed by atoms with Crippen LogP contribution < -0.4 is 4.90 Å². The average Bonchev–Trinajstić information content (AvgIpc) is 4.05. The zero-order valence-electron chi connectivity index (χ0n) is 44.0. The average molecular weight is 1110 g/mol. The van der Waals surface area contributed by atoms with Crippen LogP contribution in [0.15, 0.2) is 223 Å². The molecule has 7 nitrogen and oxygen atoms in total. The Hall–Kier alpha value is -9.96. The molecule has 1 aliphatic heterocycles. The van der Waals surface area contributed by atoms with E-state index < -0.39 is 0 Å². The van der Waals surface area contributed by atoms with Crippen LogP contribution in [0.5, 0.6) is 0 Å². The monoisotopic (exact) mass is 1110 g/mol. The molecule has 0 fully saturated rings. The first kappa shape index (κ1) is 54.4. The van der Waals surface area contributed by atoms with Crippen LogP contribution in [-0.4, -0.2) is 9.13 Å². The molecule has 0 amide bonds. The van der Waals surface area contributed by atoms with E-state index in [9.17, 15) is 10.5 Å². The van der Waals surface area contributed by atoms with Gasteiger partial charge in [-0.15, -0.1) is 0 Å². The predicted molar refractivity (Wildman–Crippen MR) is 336 cm³/mol. The topological polar surface area (TPSA) is 108 Å². The van der Waals surface area contributed by atoms with Crippen molar-refractivity contribution in [3.63, 3.8) is 0 Å². The number of halogens is 1. The fraction of sp³-hybridized carbons (Fsp3) is 0.123. The van der Waals surface area contributed by atoms with E-state index >= 15 is 0 Å². The van der Waals surface area contributed by atoms with E-state index in [-0.39, 0.29) is 25.7 Å². The first-order valence-corrected chi connectivity index (χ1v) is 27.0. The Balaban J connectivity index is 0.000000148. The molecule has 12 aromatic rings. The van der Waals surface area contributed by atoms with Crippen LogP contribution in [0.25, 0.3) is 55.0 Å². The van der Waals surface area contributed by atoms with Crippen LogP contribution in [0.1, 0.15) is 98.2 Å². The van der Waals surface area contributed by atoms with Crippen molar-refractivity contribution < 1.29 is 0 Å². The largest absolute Gasteiger partial charge is 0.310 e. The van der Waals surface area contributed by atoms with Gasteiger partial charge in [-0.1, -0.05) is 143 Å². The molecular weight excluding hydrogens is 1050 g/mol. The summed E-state index contributed by atoms with van der Waals surface area (Å²) in [6.07, 6.45) is 0.867. The molecule has 0 spiro atoms. The van der Waals surface area contributed by atoms with Gasteiger partial charge in [0.2, 0.25) is 0 Å². The molecule has 2 aromatic heterocycles. The maximum absolute atomic E-state index is 9.63. The second kappa shape index (κ2) is 21.7. The van der Waals surface area contributed by atoms with E-state index in [4.69, 9.17) is 10.5 Å². The highest BCUT2D eigenvalue weighted by molar-refractivity contribution is 9.10. The Morgan fingerprint density at radius 1 is 0.358 bits per heavy atom. The minimum absolute atomic E-state index is 0. The van der Waals surface area contributed by atoms with Gasteiger partial charge in [0.25, 0.3) is 0 Å². The SMILES string of the molecule is Brc1ccc(-n2c3ccccc3c3ccccc32)cc1.C.C.CC1(C)c2cc(C#N)ccc2Cc2ccc(C#N)cc21.CC1(C)c2cc(C#N)ccc2N(c2ccc(-n3c4ccccc4c4ccccc43)cc2)c2ccc(C#N)cc21. The van der Waals surface area contributed by atoms with Gasteiger partial charge in [0.1, 0.15) is 0 Å². The highest BCUT2D eigenvalue weighted by atomic mass is 79.9. The fourth-order valence-electron chi connectivity index (χ4n) is 12.0. The second-order valence-corrected chi connectivity index (χ2v) is 22.1. The molecular formula is C73H58BrN7. The van der Waals surface area contributed by atoms with Gasteiger partial charge in [-0.25, -0.2) is 0 Å². The number of aromatic nitrogens is 2. The molecule has 81 heavy (non-hydrogen) atoms. The van der Waals surface area contributed by atoms with Crippen molar-refractivity contribution in [3.8, 4) is 35.7 Å². The first-order valence-electron chi connectivity index (χ1n) is 26.2. The van der Waals surface area contributed by atoms with E-state index in [1.54, 1.807) is 0 Å². The Morgan fingerprint density at radius 2 is 0.654 bits per heavy atom. The van der Waals surface area contributed by atoms with Crippen molar-refractivity contribution in [2.24, 2.45) is 0 Å². The second-order valence-electron chi connectivity index (χ2n) is 21.1. The predicted octanol–water partition coefficient (Wildman–Crippen LogP) is 19.1. The van der Waals surface area contributed by atoms with Crippen molar-refractivity contribution in [1.29, 1.82) is 21.0 Å². The molecule has 0 bridgehead atoms. The molecule has 0 radical (unpaired) electrons. The van der Waals surface area contributed by atoms with Gasteiger partial charge in [0, 0.05) is 53.9 Å². The summed E-state index contributed by atoms with van der Waals surface area (Å²) in [5.41, 5.74) is 19.4. The molecule has 8 heteroatoms. The lowest BCUT2D eigenvalue weighted by molar-refractivity contribution is 0.610. The molecule has 392 valence electrons. The minimum atomic E-state index is -0.371. The summed E-state index contributed by atoms with van der Waals surface area (Å²) in [4.78, 5) is 2.24. The lowest BCUT2D eigenvalue weighted by atomic mass is 9.68. The number of hydrogen-bond donors (Lipinski definition) is 0. The molecule has 0 atom stereocenters. The molecule has 0 saturated carbocycles. The number of anilines is 3. The van der Waals surface area contributed by atoms with Crippen molar-refractivity contribution >= 4 is 76.6 Å². The van der Waals surface area contributed by atoms with Crippen molar-refractivity contribution in [1.82, 2.24) is 9.13 Å². The van der Waals surface area contributed by atoms with E-state index in [1.165, 1.54) is 71.6 Å². The summed E-state index contributed by atoms with van der Waals surface area (Å²) >= 11 is 3.50. The zero-order chi connectivity index (χ0) is 54.6. The van der Waals surface area contributed by atoms with Crippen LogP contribution in [0, 0.1) is 45.3 Å². The van der Waals surface area contributed by atoms with E-state index in [0.717, 1.165) is 44.8 Å². The Kier molecular flexibility index (Phi) is 14.6. The van der Waals surface area contributed by atoms with Gasteiger partial charge < -0.3 is 14.0 Å². The van der Waals surface area contributed by atoms with E-state index in [0.29, 0.717) is 22.3 Å². The van der Waals surface area contributed by atoms with Crippen molar-refractivity contribution in [2.75, 3.05) is 4.90 Å². The molecule has 2 aliphatic rings. The lowest BCUT2D eigenvalue weighted by Crippen LogP contribution is -2.31. The number of rotatable bonds is 3. The fourth-order valence-corrected chi connectivity index (χ4v) is 12.3. The van der Waals surface area contributed by atoms with Gasteiger partial charge in [0.05, 0.1) is 80.0 Å². The van der Waals surface area contributed by atoms with Crippen molar-refractivity contribution in [2.45, 2.75) is 59.8 Å². The van der Waals surface area contributed by atoms with E-state index in [2.05, 4.69) is 240 Å². The highest BCUT2D eigenvalue weighted by Gasteiger charge is 2.38. The highest BCUT2D eigenvalue weighted by Crippen LogP contribution is 2.52. The summed E-state index contributed by atoms with van der Waals surface area (Å²) in [7, 11) is 0. The lowest BCUT2D eigenvalue weighted by Gasteiger charge is -2.42. The van der Waals surface area contributed by atoms with Crippen LogP contribution in [0.2, 0.25) is 0 Å². The van der Waals surface area contributed by atoms with Crippen LogP contribution in [0.4, 0.5) is 17.1 Å². The van der Waals surface area contributed by atoms with Gasteiger partial charge >= 0.3 is 0 Å². The number of nitriles is 4. The third kappa shape index (κ3) is 9.37. The van der Waals surface area contributed by atoms with Crippen LogP contribution in [0.3, 0.4) is 0 Å². The number of para-hydroxylation sites is 4. The summed E-state index contributed by atoms with van der Waals surface area (Å²) in [5.74, 6) is 0. The van der Waals surface area contributed by atoms with Crippen LogP contribution in [-0.2, 0) is 17.3 Å². The van der Waals surface area contributed by atoms with Crippen LogP contribution >= 0.6 is 15.9 Å². The van der Waals surface area contributed by atoms with Gasteiger partial charge in [-0.3, -0.25) is 0 Å². The summed E-state index contributed by atoms with van der Waals surface area (Å²) in [6.45, 7) is 8.64. The molecule has 0 unspecified atom stereocenters. The van der Waals surface area contributed by atoms with Gasteiger partial charge in [-0.05, 0) is 173 Å². The molecule has 1 aliphatic carbocycles. The zero-order valence-corrected chi connectivity index (χ0v) is 45.6. The number of benzene rings is 10. The van der Waals surface area contributed by atoms with Gasteiger partial charge in [-0.2, -0.15) is 21.0 Å². The molecule has 3 heterocycles. The third-order valence-electron chi connectivity index (χ3n) is 15.9. The Bertz CT molecular complexity index is 4350. The summed E-state index contributed by atoms with van der Waals surface area (Å²) in [6, 6.07) is 83.9. The molecule has 14 rings (SSSR count). The Morgan fingerprint density at radius 3 is 1.01 bits per heavy atom. The molecule has 0 saturated heterocycles. The van der Waals surface area contributed by atoms with Crippen molar-refractivity contribution in [3.05, 3.63) is 278 Å². The summed E-state index contributed by atoms with van der Waals surface area (Å²) in [5, 5.41) is 42.5. The number of fused-ring (bicyclic) bond motifs is 10. The van der Waals surface area contributed by atoms with Gasteiger partial charge in [0.15, 0.2) is 0 Å². The number of hydrogen-bond acceptors (Lipinski definition) is 5. The third-order valence-corrected chi connectivity index (χ3v) is 16.4. The minimum Gasteiger partial charge on any atom is -0.310 e. The smallest absolute Gasteiger partial charge is 0.0991 e. The summed E-state index contributed by atoms with van der Waals surface area (Å²) < 4.78 is 5.73.